The monoisotopic (exact) mass is 314 g/mol. The molecule has 9 heteroatoms. The molecular formula is C11H14F4N2O2S. The molecule has 114 valence electrons. The van der Waals surface area contributed by atoms with E-state index < -0.39 is 33.3 Å². The Morgan fingerprint density at radius 1 is 1.20 bits per heavy atom. The van der Waals surface area contributed by atoms with E-state index in [1.807, 2.05) is 4.72 Å². The Hall–Kier alpha value is -1.35. The summed E-state index contributed by atoms with van der Waals surface area (Å²) in [6.07, 6.45) is -5.43. The third kappa shape index (κ3) is 5.33. The summed E-state index contributed by atoms with van der Waals surface area (Å²) >= 11 is 0. The average molecular weight is 314 g/mol. The highest BCUT2D eigenvalue weighted by atomic mass is 32.2. The third-order valence-electron chi connectivity index (χ3n) is 2.42. The van der Waals surface area contributed by atoms with Crippen LogP contribution < -0.4 is 10.5 Å². The lowest BCUT2D eigenvalue weighted by atomic mass is 10.2. The van der Waals surface area contributed by atoms with Gasteiger partial charge < -0.3 is 5.73 Å². The van der Waals surface area contributed by atoms with Crippen molar-refractivity contribution in [3.8, 4) is 0 Å². The number of halogens is 4. The third-order valence-corrected chi connectivity index (χ3v) is 3.92. The number of nitrogen functional groups attached to an aromatic ring is 1. The fourth-order valence-corrected chi connectivity index (χ4v) is 2.60. The van der Waals surface area contributed by atoms with Crippen molar-refractivity contribution in [3.05, 3.63) is 24.0 Å². The maximum Gasteiger partial charge on any atom is 0.389 e. The SMILES string of the molecule is Nc1ccc(S(=O)(=O)NCCCCC(F)(F)F)c(F)c1. The van der Waals surface area contributed by atoms with Gasteiger partial charge in [-0.25, -0.2) is 17.5 Å². The molecule has 0 bridgehead atoms. The van der Waals surface area contributed by atoms with E-state index in [0.29, 0.717) is 0 Å². The zero-order valence-electron chi connectivity index (χ0n) is 10.4. The van der Waals surface area contributed by atoms with E-state index in [2.05, 4.69) is 0 Å². The van der Waals surface area contributed by atoms with Crippen molar-refractivity contribution in [2.24, 2.45) is 0 Å². The van der Waals surface area contributed by atoms with Crippen molar-refractivity contribution in [2.45, 2.75) is 30.3 Å². The van der Waals surface area contributed by atoms with Crippen molar-refractivity contribution < 1.29 is 26.0 Å². The van der Waals surface area contributed by atoms with E-state index in [1.165, 1.54) is 6.07 Å². The quantitative estimate of drug-likeness (QED) is 0.481. The number of anilines is 1. The molecule has 4 nitrogen and oxygen atoms in total. The molecule has 0 saturated heterocycles. The second-order valence-electron chi connectivity index (χ2n) is 4.16. The molecule has 3 N–H and O–H groups in total. The van der Waals surface area contributed by atoms with Gasteiger partial charge in [-0.15, -0.1) is 0 Å². The summed E-state index contributed by atoms with van der Waals surface area (Å²) in [7, 11) is -4.09. The smallest absolute Gasteiger partial charge is 0.389 e. The molecule has 1 aromatic carbocycles. The van der Waals surface area contributed by atoms with Crippen LogP contribution in [0.15, 0.2) is 23.1 Å². The number of nitrogens with two attached hydrogens (primary N) is 1. The number of alkyl halides is 3. The number of hydrogen-bond acceptors (Lipinski definition) is 3. The minimum Gasteiger partial charge on any atom is -0.399 e. The van der Waals surface area contributed by atoms with Crippen LogP contribution in [0.1, 0.15) is 19.3 Å². The topological polar surface area (TPSA) is 72.2 Å². The van der Waals surface area contributed by atoms with E-state index in [0.717, 1.165) is 12.1 Å². The molecule has 0 atom stereocenters. The molecule has 0 aromatic heterocycles. The van der Waals surface area contributed by atoms with Crippen LogP contribution in [0.5, 0.6) is 0 Å². The summed E-state index contributed by atoms with van der Waals surface area (Å²) in [4.78, 5) is -0.581. The van der Waals surface area contributed by atoms with E-state index in [1.54, 1.807) is 0 Å². The molecule has 0 radical (unpaired) electrons. The molecule has 0 amide bonds. The fourth-order valence-electron chi connectivity index (χ4n) is 1.47. The van der Waals surface area contributed by atoms with Crippen LogP contribution in [0.2, 0.25) is 0 Å². The fraction of sp³-hybridized carbons (Fsp3) is 0.455. The van der Waals surface area contributed by atoms with Gasteiger partial charge in [-0.2, -0.15) is 13.2 Å². The molecule has 0 unspecified atom stereocenters. The lowest BCUT2D eigenvalue weighted by Crippen LogP contribution is -2.26. The first-order valence-electron chi connectivity index (χ1n) is 5.73. The minimum absolute atomic E-state index is 0.00926. The van der Waals surface area contributed by atoms with Gasteiger partial charge in [0.2, 0.25) is 10.0 Å². The van der Waals surface area contributed by atoms with Crippen LogP contribution in [0.3, 0.4) is 0 Å². The van der Waals surface area contributed by atoms with Crippen molar-refractivity contribution >= 4 is 15.7 Å². The lowest BCUT2D eigenvalue weighted by molar-refractivity contribution is -0.135. The first-order chi connectivity index (χ1) is 9.12. The van der Waals surface area contributed by atoms with Crippen molar-refractivity contribution in [1.82, 2.24) is 4.72 Å². The summed E-state index contributed by atoms with van der Waals surface area (Å²) in [6.45, 7) is -0.192. The van der Waals surface area contributed by atoms with Crippen molar-refractivity contribution in [2.75, 3.05) is 12.3 Å². The molecule has 0 aliphatic heterocycles. The second kappa shape index (κ2) is 6.40. The summed E-state index contributed by atoms with van der Waals surface area (Å²) in [5.74, 6) is -1.01. The van der Waals surface area contributed by atoms with Gasteiger partial charge in [-0.05, 0) is 31.0 Å². The zero-order chi connectivity index (χ0) is 15.4. The van der Waals surface area contributed by atoms with Gasteiger partial charge in [0.05, 0.1) is 0 Å². The van der Waals surface area contributed by atoms with Gasteiger partial charge in [0, 0.05) is 18.7 Å². The molecule has 0 aliphatic carbocycles. The van der Waals surface area contributed by atoms with E-state index in [4.69, 9.17) is 5.73 Å². The molecule has 0 saturated carbocycles. The number of rotatable bonds is 6. The molecule has 0 spiro atoms. The van der Waals surface area contributed by atoms with Gasteiger partial charge in [-0.1, -0.05) is 0 Å². The Morgan fingerprint density at radius 3 is 2.40 bits per heavy atom. The Bertz CT molecular complexity index is 558. The molecule has 0 aliphatic rings. The molecule has 0 fully saturated rings. The number of nitrogens with one attached hydrogen (secondary N) is 1. The summed E-state index contributed by atoms with van der Waals surface area (Å²) in [5, 5.41) is 0. The lowest BCUT2D eigenvalue weighted by Gasteiger charge is -2.09. The summed E-state index contributed by atoms with van der Waals surface area (Å²) in [5.41, 5.74) is 5.37. The highest BCUT2D eigenvalue weighted by Crippen LogP contribution is 2.22. The summed E-state index contributed by atoms with van der Waals surface area (Å²) in [6, 6.07) is 3.09. The average Bonchev–Trinajstić information content (AvgIpc) is 2.26. The van der Waals surface area contributed by atoms with Gasteiger partial charge in [0.1, 0.15) is 10.7 Å². The predicted molar refractivity (Wildman–Crippen MR) is 65.9 cm³/mol. The molecule has 1 rings (SSSR count). The highest BCUT2D eigenvalue weighted by molar-refractivity contribution is 7.89. The number of hydrogen-bond donors (Lipinski definition) is 2. The normalized spacial score (nSPS) is 12.6. The Balaban J connectivity index is 2.54. The Labute approximate surface area is 114 Å². The second-order valence-corrected chi connectivity index (χ2v) is 5.90. The summed E-state index contributed by atoms with van der Waals surface area (Å²) < 4.78 is 74.5. The van der Waals surface area contributed by atoms with E-state index >= 15 is 0 Å². The van der Waals surface area contributed by atoms with Crippen LogP contribution in [0, 0.1) is 5.82 Å². The van der Waals surface area contributed by atoms with Crippen LogP contribution in [0.25, 0.3) is 0 Å². The highest BCUT2D eigenvalue weighted by Gasteiger charge is 2.26. The number of unbranched alkanes of at least 4 members (excludes halogenated alkanes) is 1. The van der Waals surface area contributed by atoms with Crippen LogP contribution >= 0.6 is 0 Å². The number of benzene rings is 1. The maximum absolute atomic E-state index is 13.4. The Morgan fingerprint density at radius 2 is 1.85 bits per heavy atom. The van der Waals surface area contributed by atoms with Crippen molar-refractivity contribution in [3.63, 3.8) is 0 Å². The number of sulfonamides is 1. The standard InChI is InChI=1S/C11H14F4N2O2S/c12-9-7-8(16)3-4-10(9)20(18,19)17-6-2-1-5-11(13,14)15/h3-4,7,17H,1-2,5-6,16H2. The van der Waals surface area contributed by atoms with Gasteiger partial charge in [0.25, 0.3) is 0 Å². The zero-order valence-corrected chi connectivity index (χ0v) is 11.2. The molecule has 0 heterocycles. The van der Waals surface area contributed by atoms with E-state index in [9.17, 15) is 26.0 Å². The van der Waals surface area contributed by atoms with Crippen LogP contribution in [0.4, 0.5) is 23.2 Å². The van der Waals surface area contributed by atoms with Gasteiger partial charge >= 0.3 is 6.18 Å². The van der Waals surface area contributed by atoms with Crippen LogP contribution in [-0.4, -0.2) is 21.1 Å². The van der Waals surface area contributed by atoms with Gasteiger partial charge in [0.15, 0.2) is 0 Å². The molecule has 20 heavy (non-hydrogen) atoms. The first kappa shape index (κ1) is 16.7. The van der Waals surface area contributed by atoms with E-state index in [-0.39, 0.29) is 25.1 Å². The molecule has 1 aromatic rings. The predicted octanol–water partition coefficient (Wildman–Crippen LogP) is 2.42. The minimum atomic E-state index is -4.26. The molecular weight excluding hydrogens is 300 g/mol. The van der Waals surface area contributed by atoms with Crippen molar-refractivity contribution in [1.29, 1.82) is 0 Å². The Kier molecular flexibility index (Phi) is 5.35. The largest absolute Gasteiger partial charge is 0.399 e. The maximum atomic E-state index is 13.4. The first-order valence-corrected chi connectivity index (χ1v) is 7.21. The van der Waals surface area contributed by atoms with Crippen LogP contribution in [-0.2, 0) is 10.0 Å². The van der Waals surface area contributed by atoms with Gasteiger partial charge in [-0.3, -0.25) is 0 Å².